The molecule has 4 aromatic rings. The van der Waals surface area contributed by atoms with E-state index in [1.165, 1.54) is 6.07 Å². The van der Waals surface area contributed by atoms with Crippen LogP contribution in [0.15, 0.2) is 41.2 Å². The number of aromatic nitrogens is 1. The number of nitrogens with zero attached hydrogens (tertiary/aromatic N) is 1. The van der Waals surface area contributed by atoms with Crippen LogP contribution >= 0.6 is 11.3 Å². The fourth-order valence-electron chi connectivity index (χ4n) is 5.60. The molecule has 1 atom stereocenters. The normalized spacial score (nSPS) is 13.0. The number of hydrogen-bond acceptors (Lipinski definition) is 5. The van der Waals surface area contributed by atoms with Gasteiger partial charge in [0.05, 0.1) is 12.6 Å². The molecule has 0 unspecified atom stereocenters. The van der Waals surface area contributed by atoms with Gasteiger partial charge in [0.1, 0.15) is 17.2 Å². The van der Waals surface area contributed by atoms with E-state index in [-0.39, 0.29) is 23.6 Å². The number of fused-ring (bicyclic) bond motifs is 3. The topological polar surface area (TPSA) is 89.8 Å². The van der Waals surface area contributed by atoms with Gasteiger partial charge in [-0.15, -0.1) is 11.3 Å². The third kappa shape index (κ3) is 7.66. The van der Waals surface area contributed by atoms with Crippen molar-refractivity contribution >= 4 is 46.5 Å². The van der Waals surface area contributed by atoms with Crippen LogP contribution in [0.2, 0.25) is 25.7 Å². The van der Waals surface area contributed by atoms with E-state index in [9.17, 15) is 19.1 Å². The van der Waals surface area contributed by atoms with Crippen molar-refractivity contribution in [3.63, 3.8) is 0 Å². The maximum atomic E-state index is 14.8. The van der Waals surface area contributed by atoms with Gasteiger partial charge in [-0.3, -0.25) is 9.36 Å². The Bertz CT molecular complexity index is 1680. The lowest BCUT2D eigenvalue weighted by atomic mass is 9.81. The lowest BCUT2D eigenvalue weighted by Gasteiger charge is -2.26. The van der Waals surface area contributed by atoms with Gasteiger partial charge in [-0.2, -0.15) is 4.39 Å². The van der Waals surface area contributed by atoms with E-state index in [0.29, 0.717) is 34.5 Å². The van der Waals surface area contributed by atoms with Crippen LogP contribution in [0.4, 0.5) is 9.18 Å². The van der Waals surface area contributed by atoms with Crippen LogP contribution in [0.5, 0.6) is 5.75 Å². The lowest BCUT2D eigenvalue weighted by molar-refractivity contribution is 0.0882. The highest BCUT2D eigenvalue weighted by atomic mass is 32.1. The number of pyridine rings is 1. The molecule has 232 valence electrons. The maximum absolute atomic E-state index is 14.8. The first-order valence-electron chi connectivity index (χ1n) is 14.6. The molecule has 0 aliphatic heterocycles. The van der Waals surface area contributed by atoms with Crippen LogP contribution < -0.4 is 15.6 Å². The van der Waals surface area contributed by atoms with Gasteiger partial charge in [-0.05, 0) is 53.6 Å². The van der Waals surface area contributed by atoms with Gasteiger partial charge in [0.15, 0.2) is 5.13 Å². The molecule has 1 amide bonds. The molecule has 0 radical (unpaired) electrons. The summed E-state index contributed by atoms with van der Waals surface area (Å²) in [6.07, 6.45) is -0.253. The third-order valence-corrected chi connectivity index (χ3v) is 10.2. The molecule has 0 aliphatic carbocycles. The van der Waals surface area contributed by atoms with Gasteiger partial charge in [-0.25, -0.2) is 4.79 Å². The summed E-state index contributed by atoms with van der Waals surface area (Å²) < 4.78 is 28.7. The Balaban J connectivity index is 1.89. The fourth-order valence-corrected chi connectivity index (χ4v) is 7.20. The number of aryl methyl sites for hydroxylation is 1. The van der Waals surface area contributed by atoms with Crippen LogP contribution in [0.25, 0.3) is 32.1 Å². The predicted octanol–water partition coefficient (Wildman–Crippen LogP) is 8.44. The summed E-state index contributed by atoms with van der Waals surface area (Å²) in [5, 5.41) is 12.6. The molecule has 0 bridgehead atoms. The minimum absolute atomic E-state index is 0.00463. The van der Waals surface area contributed by atoms with Gasteiger partial charge < -0.3 is 19.9 Å². The molecule has 2 N–H and O–H groups in total. The molecule has 43 heavy (non-hydrogen) atoms. The van der Waals surface area contributed by atoms with Crippen molar-refractivity contribution in [2.45, 2.75) is 72.4 Å². The highest BCUT2D eigenvalue weighted by Gasteiger charge is 2.24. The third-order valence-electron chi connectivity index (χ3n) is 7.60. The molecule has 7 nitrogen and oxygen atoms in total. The van der Waals surface area contributed by atoms with Gasteiger partial charge in [0.25, 0.3) is 5.56 Å². The van der Waals surface area contributed by atoms with Gasteiger partial charge in [0.2, 0.25) is 0 Å². The van der Waals surface area contributed by atoms with Crippen molar-refractivity contribution in [2.24, 2.45) is 5.41 Å². The molecule has 0 saturated heterocycles. The first-order chi connectivity index (χ1) is 20.1. The molecule has 0 aliphatic rings. The van der Waals surface area contributed by atoms with Gasteiger partial charge >= 0.3 is 6.09 Å². The Morgan fingerprint density at radius 3 is 2.42 bits per heavy atom. The Kier molecular flexibility index (Phi) is 9.73. The highest BCUT2D eigenvalue weighted by Crippen LogP contribution is 2.43. The lowest BCUT2D eigenvalue weighted by Crippen LogP contribution is -2.28. The zero-order valence-electron chi connectivity index (χ0n) is 26.4. The molecule has 4 rings (SSSR count). The molecule has 2 heterocycles. The van der Waals surface area contributed by atoms with Crippen molar-refractivity contribution in [3.05, 3.63) is 63.0 Å². The quantitative estimate of drug-likeness (QED) is 0.129. The predicted molar refractivity (Wildman–Crippen MR) is 177 cm³/mol. The number of thiophene rings is 1. The summed E-state index contributed by atoms with van der Waals surface area (Å²) in [6, 6.07) is 12.3. The largest absolute Gasteiger partial charge is 0.496 e. The average Bonchev–Trinajstić information content (AvgIpc) is 3.31. The number of halogens is 1. The van der Waals surface area contributed by atoms with E-state index < -0.39 is 19.3 Å². The van der Waals surface area contributed by atoms with Crippen molar-refractivity contribution in [3.8, 4) is 16.9 Å². The number of ether oxygens (including phenoxy) is 2. The SMILES string of the molecule is COc1cc(C)c2c(c1-c1ccc([C@H](CNC(=O)O)CC(C)(C)C)cc1)c1cc(F)sc1c(=O)n2COCC[Si](C)(C)C. The molecule has 0 fully saturated rings. The summed E-state index contributed by atoms with van der Waals surface area (Å²) in [7, 11) is 0.281. The van der Waals surface area contributed by atoms with E-state index in [0.717, 1.165) is 51.4 Å². The number of hydrogen-bond donors (Lipinski definition) is 2. The standard InChI is InChI=1S/C33H43FN2O5SSi/c1-20-15-25(40-5)27(22-11-9-21(10-12-22)23(17-33(2,3)4)18-35-32(38)39)28-24-16-26(34)42-30(24)31(37)36(29(20)28)19-41-13-14-43(6,7)8/h9-12,15-16,23,35H,13-14,17-19H2,1-8H3,(H,38,39)/t23-/m0/s1. The summed E-state index contributed by atoms with van der Waals surface area (Å²) in [5.41, 5.74) is 3.89. The first-order valence-corrected chi connectivity index (χ1v) is 19.1. The Hall–Kier alpha value is -3.21. The second-order valence-corrected chi connectivity index (χ2v) is 20.3. The molecule has 0 spiro atoms. The zero-order chi connectivity index (χ0) is 31.7. The van der Waals surface area contributed by atoms with E-state index >= 15 is 0 Å². The zero-order valence-corrected chi connectivity index (χ0v) is 28.2. The van der Waals surface area contributed by atoms with Crippen LogP contribution in [-0.2, 0) is 11.5 Å². The minimum atomic E-state index is -1.33. The van der Waals surface area contributed by atoms with E-state index in [1.807, 2.05) is 37.3 Å². The summed E-state index contributed by atoms with van der Waals surface area (Å²) >= 11 is 0.849. The Morgan fingerprint density at radius 2 is 1.84 bits per heavy atom. The molecular formula is C33H43FN2O5SSi. The average molecular weight is 627 g/mol. The number of benzene rings is 2. The van der Waals surface area contributed by atoms with E-state index in [2.05, 4.69) is 45.7 Å². The van der Waals surface area contributed by atoms with Crippen LogP contribution in [0.1, 0.15) is 44.2 Å². The second kappa shape index (κ2) is 12.8. The van der Waals surface area contributed by atoms with E-state index in [4.69, 9.17) is 9.47 Å². The summed E-state index contributed by atoms with van der Waals surface area (Å²) in [6.45, 7) is 16.1. The Labute approximate surface area is 257 Å². The minimum Gasteiger partial charge on any atom is -0.496 e. The molecule has 2 aromatic carbocycles. The Morgan fingerprint density at radius 1 is 1.16 bits per heavy atom. The molecule has 0 saturated carbocycles. The monoisotopic (exact) mass is 626 g/mol. The first kappa shape index (κ1) is 32.7. The van der Waals surface area contributed by atoms with Crippen LogP contribution in [0.3, 0.4) is 0 Å². The second-order valence-electron chi connectivity index (χ2n) is 13.6. The van der Waals surface area contributed by atoms with Crippen LogP contribution in [-0.4, -0.2) is 44.1 Å². The summed E-state index contributed by atoms with van der Waals surface area (Å²) in [4.78, 5) is 25.0. The van der Waals surface area contributed by atoms with Crippen molar-refractivity contribution in [1.82, 2.24) is 9.88 Å². The van der Waals surface area contributed by atoms with Crippen LogP contribution in [0, 0.1) is 17.5 Å². The van der Waals surface area contributed by atoms with Crippen molar-refractivity contribution in [1.29, 1.82) is 0 Å². The number of nitrogens with one attached hydrogen (secondary N) is 1. The number of carboxylic acid groups (broad SMARTS) is 1. The number of carbonyl (C=O) groups is 1. The number of methoxy groups -OCH3 is 1. The smallest absolute Gasteiger partial charge is 0.404 e. The molecule has 10 heteroatoms. The number of amides is 1. The highest BCUT2D eigenvalue weighted by molar-refractivity contribution is 7.17. The van der Waals surface area contributed by atoms with Crippen molar-refractivity contribution < 1.29 is 23.8 Å². The van der Waals surface area contributed by atoms with Gasteiger partial charge in [0, 0.05) is 43.5 Å². The molecule has 2 aromatic heterocycles. The maximum Gasteiger partial charge on any atom is 0.404 e. The summed E-state index contributed by atoms with van der Waals surface area (Å²) in [5.74, 6) is 0.604. The molecular weight excluding hydrogens is 584 g/mol. The van der Waals surface area contributed by atoms with Gasteiger partial charge in [-0.1, -0.05) is 64.7 Å². The number of rotatable bonds is 11. The van der Waals surface area contributed by atoms with E-state index in [1.54, 1.807) is 11.7 Å². The van der Waals surface area contributed by atoms with Crippen molar-refractivity contribution in [2.75, 3.05) is 20.3 Å². The fraction of sp³-hybridized carbons (Fsp3) is 0.455.